The summed E-state index contributed by atoms with van der Waals surface area (Å²) < 4.78 is 0. The number of thioether (sulfide) groups is 1. The van der Waals surface area contributed by atoms with Gasteiger partial charge in [-0.15, -0.1) is 0 Å². The van der Waals surface area contributed by atoms with E-state index in [0.717, 1.165) is 61.6 Å². The molecule has 0 radical (unpaired) electrons. The molecule has 1 fully saturated rings. The summed E-state index contributed by atoms with van der Waals surface area (Å²) in [6.07, 6.45) is 7.29. The topological polar surface area (TPSA) is 58.0 Å². The van der Waals surface area contributed by atoms with Crippen LogP contribution < -0.4 is 9.80 Å². The normalized spacial score (nSPS) is 17.2. The number of nitrogens with zero attached hydrogens (tertiary/aromatic N) is 6. The van der Waals surface area contributed by atoms with Crippen LogP contribution in [0.2, 0.25) is 0 Å². The summed E-state index contributed by atoms with van der Waals surface area (Å²) in [4.78, 5) is 23.2. The van der Waals surface area contributed by atoms with Crippen LogP contribution in [0.25, 0.3) is 0 Å². The highest BCUT2D eigenvalue weighted by molar-refractivity contribution is 7.98. The predicted molar refractivity (Wildman–Crippen MR) is 97.0 cm³/mol. The lowest BCUT2D eigenvalue weighted by molar-refractivity contribution is 0.627. The van der Waals surface area contributed by atoms with E-state index in [-0.39, 0.29) is 0 Å². The van der Waals surface area contributed by atoms with Gasteiger partial charge in [0.2, 0.25) is 5.95 Å². The highest BCUT2D eigenvalue weighted by Gasteiger charge is 2.26. The molecule has 1 saturated heterocycles. The first-order valence-corrected chi connectivity index (χ1v) is 9.70. The Labute approximate surface area is 146 Å². The standard InChI is InChI=1S/C17H22N6S/c1-12-6-7-18-16(19-12)23-10-8-22(9-11-23)15-13-4-3-5-14(13)20-17(21-15)24-2/h6-7H,3-5,8-11H2,1-2H3. The molecule has 2 aromatic rings. The second-order valence-electron chi connectivity index (χ2n) is 6.28. The van der Waals surface area contributed by atoms with E-state index in [9.17, 15) is 0 Å². The van der Waals surface area contributed by atoms with Crippen LogP contribution in [0.4, 0.5) is 11.8 Å². The lowest BCUT2D eigenvalue weighted by Gasteiger charge is -2.36. The quantitative estimate of drug-likeness (QED) is 0.625. The number of fused-ring (bicyclic) bond motifs is 1. The van der Waals surface area contributed by atoms with E-state index in [1.54, 1.807) is 11.8 Å². The molecule has 0 aromatic carbocycles. The third-order valence-corrected chi connectivity index (χ3v) is 5.27. The molecule has 6 nitrogen and oxygen atoms in total. The molecule has 2 aliphatic rings. The van der Waals surface area contributed by atoms with Crippen LogP contribution >= 0.6 is 11.8 Å². The number of aryl methyl sites for hydroxylation is 2. The van der Waals surface area contributed by atoms with Crippen LogP contribution in [-0.2, 0) is 12.8 Å². The van der Waals surface area contributed by atoms with Crippen molar-refractivity contribution in [3.63, 3.8) is 0 Å². The zero-order valence-electron chi connectivity index (χ0n) is 14.2. The molecule has 2 aromatic heterocycles. The monoisotopic (exact) mass is 342 g/mol. The van der Waals surface area contributed by atoms with Crippen LogP contribution in [-0.4, -0.2) is 52.4 Å². The number of aromatic nitrogens is 4. The van der Waals surface area contributed by atoms with E-state index < -0.39 is 0 Å². The average molecular weight is 342 g/mol. The summed E-state index contributed by atoms with van der Waals surface area (Å²) in [6, 6.07) is 1.94. The summed E-state index contributed by atoms with van der Waals surface area (Å²) in [5, 5.41) is 0.898. The van der Waals surface area contributed by atoms with Gasteiger partial charge in [-0.05, 0) is 38.5 Å². The molecule has 0 spiro atoms. The second-order valence-corrected chi connectivity index (χ2v) is 7.06. The zero-order valence-corrected chi connectivity index (χ0v) is 15.0. The number of anilines is 2. The molecule has 1 aliphatic heterocycles. The average Bonchev–Trinajstić information content (AvgIpc) is 3.09. The van der Waals surface area contributed by atoms with Crippen LogP contribution in [0.3, 0.4) is 0 Å². The van der Waals surface area contributed by atoms with E-state index in [1.807, 2.05) is 25.4 Å². The fourth-order valence-electron chi connectivity index (χ4n) is 3.45. The van der Waals surface area contributed by atoms with Gasteiger partial charge in [0.05, 0.1) is 5.69 Å². The highest BCUT2D eigenvalue weighted by Crippen LogP contribution is 2.31. The van der Waals surface area contributed by atoms with E-state index >= 15 is 0 Å². The fraction of sp³-hybridized carbons (Fsp3) is 0.529. The molecular weight excluding hydrogens is 320 g/mol. The maximum Gasteiger partial charge on any atom is 0.225 e. The van der Waals surface area contributed by atoms with Crippen LogP contribution in [0.1, 0.15) is 23.4 Å². The van der Waals surface area contributed by atoms with Gasteiger partial charge in [-0.1, -0.05) is 11.8 Å². The Hall–Kier alpha value is -1.89. The van der Waals surface area contributed by atoms with Crippen molar-refractivity contribution in [1.82, 2.24) is 19.9 Å². The molecule has 24 heavy (non-hydrogen) atoms. The number of hydrogen-bond acceptors (Lipinski definition) is 7. The molecule has 0 amide bonds. The van der Waals surface area contributed by atoms with Gasteiger partial charge in [-0.2, -0.15) is 0 Å². The van der Waals surface area contributed by atoms with Gasteiger partial charge in [0.15, 0.2) is 5.16 Å². The van der Waals surface area contributed by atoms with Crippen molar-refractivity contribution >= 4 is 23.5 Å². The van der Waals surface area contributed by atoms with Crippen molar-refractivity contribution in [3.05, 3.63) is 29.2 Å². The number of rotatable bonds is 3. The molecule has 0 atom stereocenters. The van der Waals surface area contributed by atoms with Crippen LogP contribution in [0.5, 0.6) is 0 Å². The minimum atomic E-state index is 0.840. The third-order valence-electron chi connectivity index (χ3n) is 4.72. The maximum absolute atomic E-state index is 4.83. The highest BCUT2D eigenvalue weighted by atomic mass is 32.2. The van der Waals surface area contributed by atoms with E-state index in [1.165, 1.54) is 17.7 Å². The molecule has 126 valence electrons. The molecule has 1 aliphatic carbocycles. The minimum Gasteiger partial charge on any atom is -0.353 e. The molecular formula is C17H22N6S. The lowest BCUT2D eigenvalue weighted by Crippen LogP contribution is -2.47. The van der Waals surface area contributed by atoms with Gasteiger partial charge in [0.25, 0.3) is 0 Å². The Morgan fingerprint density at radius 1 is 1.00 bits per heavy atom. The summed E-state index contributed by atoms with van der Waals surface area (Å²) in [5.74, 6) is 2.00. The molecule has 7 heteroatoms. The van der Waals surface area contributed by atoms with E-state index in [0.29, 0.717) is 0 Å². The first-order chi connectivity index (χ1) is 11.7. The summed E-state index contributed by atoms with van der Waals surface area (Å²) in [5.41, 5.74) is 3.64. The van der Waals surface area contributed by atoms with E-state index in [2.05, 4.69) is 19.8 Å². The van der Waals surface area contributed by atoms with Crippen molar-refractivity contribution in [2.45, 2.75) is 31.3 Å². The Kier molecular flexibility index (Phi) is 4.26. The van der Waals surface area contributed by atoms with Crippen molar-refractivity contribution < 1.29 is 0 Å². The SMILES string of the molecule is CSc1nc2c(c(N3CCN(c4nccc(C)n4)CC3)n1)CCC2. The fourth-order valence-corrected chi connectivity index (χ4v) is 3.83. The van der Waals surface area contributed by atoms with Gasteiger partial charge < -0.3 is 9.80 Å². The Balaban J connectivity index is 1.53. The van der Waals surface area contributed by atoms with Crippen LogP contribution in [0, 0.1) is 6.92 Å². The Morgan fingerprint density at radius 2 is 1.79 bits per heavy atom. The predicted octanol–water partition coefficient (Wildman–Crippen LogP) is 2.11. The first-order valence-electron chi connectivity index (χ1n) is 8.48. The smallest absolute Gasteiger partial charge is 0.225 e. The van der Waals surface area contributed by atoms with E-state index in [4.69, 9.17) is 9.97 Å². The molecule has 4 rings (SSSR count). The third kappa shape index (κ3) is 2.92. The summed E-state index contributed by atoms with van der Waals surface area (Å²) >= 11 is 1.63. The zero-order chi connectivity index (χ0) is 16.5. The Bertz CT molecular complexity index is 742. The van der Waals surface area contributed by atoms with Crippen molar-refractivity contribution in [1.29, 1.82) is 0 Å². The van der Waals surface area contributed by atoms with Gasteiger partial charge in [0, 0.05) is 43.6 Å². The van der Waals surface area contributed by atoms with Crippen LogP contribution in [0.15, 0.2) is 17.4 Å². The van der Waals surface area contributed by atoms with Gasteiger partial charge in [-0.3, -0.25) is 0 Å². The van der Waals surface area contributed by atoms with Crippen molar-refractivity contribution in [3.8, 4) is 0 Å². The van der Waals surface area contributed by atoms with Gasteiger partial charge in [-0.25, -0.2) is 19.9 Å². The minimum absolute atomic E-state index is 0.840. The lowest BCUT2D eigenvalue weighted by atomic mass is 10.2. The van der Waals surface area contributed by atoms with Gasteiger partial charge in [0.1, 0.15) is 5.82 Å². The van der Waals surface area contributed by atoms with Gasteiger partial charge >= 0.3 is 0 Å². The molecule has 0 saturated carbocycles. The van der Waals surface area contributed by atoms with Crippen molar-refractivity contribution in [2.75, 3.05) is 42.2 Å². The maximum atomic E-state index is 4.83. The van der Waals surface area contributed by atoms with Crippen molar-refractivity contribution in [2.24, 2.45) is 0 Å². The molecule has 0 N–H and O–H groups in total. The molecule has 0 bridgehead atoms. The molecule has 3 heterocycles. The summed E-state index contributed by atoms with van der Waals surface area (Å²) in [7, 11) is 0. The number of piperazine rings is 1. The first kappa shape index (κ1) is 15.6. The Morgan fingerprint density at radius 3 is 2.54 bits per heavy atom. The molecule has 0 unspecified atom stereocenters. The summed E-state index contributed by atoms with van der Waals surface area (Å²) in [6.45, 7) is 5.77. The number of hydrogen-bond donors (Lipinski definition) is 0. The second kappa shape index (κ2) is 6.55. The largest absolute Gasteiger partial charge is 0.353 e.